The molecule has 0 aliphatic carbocycles. The number of carbonyl (C=O) groups excluding carboxylic acids is 2. The zero-order valence-electron chi connectivity index (χ0n) is 12.4. The normalized spacial score (nSPS) is 10.0. The second kappa shape index (κ2) is 7.82. The summed E-state index contributed by atoms with van der Waals surface area (Å²) in [5, 5.41) is 12.8. The van der Waals surface area contributed by atoms with E-state index in [1.165, 1.54) is 0 Å². The first kappa shape index (κ1) is 17.1. The molecule has 8 heteroatoms. The van der Waals surface area contributed by atoms with Crippen molar-refractivity contribution in [3.63, 3.8) is 0 Å². The Morgan fingerprint density at radius 2 is 1.88 bits per heavy atom. The number of ether oxygens (including phenoxy) is 1. The molecule has 1 N–H and O–H groups in total. The van der Waals surface area contributed by atoms with Crippen molar-refractivity contribution in [2.45, 2.75) is 6.61 Å². The zero-order valence-corrected chi connectivity index (χ0v) is 12.4. The van der Waals surface area contributed by atoms with Gasteiger partial charge in [0.25, 0.3) is 5.91 Å². The molecular weight excluding hydrogens is 319 g/mol. The van der Waals surface area contributed by atoms with Crippen LogP contribution < -0.4 is 5.32 Å². The van der Waals surface area contributed by atoms with Crippen molar-refractivity contribution in [2.24, 2.45) is 0 Å². The number of carbonyl (C=O) groups is 2. The summed E-state index contributed by atoms with van der Waals surface area (Å²) in [7, 11) is 0. The number of nitrogens with one attached hydrogen (secondary N) is 1. The number of nitro benzene ring substituents is 1. The van der Waals surface area contributed by atoms with Crippen LogP contribution in [-0.4, -0.2) is 23.3 Å². The summed E-state index contributed by atoms with van der Waals surface area (Å²) in [5.41, 5.74) is -0.0580. The van der Waals surface area contributed by atoms with Crippen molar-refractivity contribution in [3.8, 4) is 0 Å². The summed E-state index contributed by atoms with van der Waals surface area (Å²) in [6.45, 7) is -0.327. The topological polar surface area (TPSA) is 98.5 Å². The van der Waals surface area contributed by atoms with Crippen LogP contribution in [0.1, 0.15) is 15.9 Å². The Kier molecular flexibility index (Phi) is 5.56. The van der Waals surface area contributed by atoms with E-state index in [0.29, 0.717) is 0 Å². The second-order valence-corrected chi connectivity index (χ2v) is 4.75. The van der Waals surface area contributed by atoms with Gasteiger partial charge in [-0.25, -0.2) is 0 Å². The van der Waals surface area contributed by atoms with Gasteiger partial charge in [-0.05, 0) is 17.7 Å². The summed E-state index contributed by atoms with van der Waals surface area (Å²) in [5.74, 6) is -2.52. The molecule has 1 amide bonds. The van der Waals surface area contributed by atoms with Crippen molar-refractivity contribution in [3.05, 3.63) is 75.6 Å². The third-order valence-electron chi connectivity index (χ3n) is 3.04. The van der Waals surface area contributed by atoms with Gasteiger partial charge in [-0.1, -0.05) is 30.3 Å². The van der Waals surface area contributed by atoms with Gasteiger partial charge in [0.1, 0.15) is 13.2 Å². The van der Waals surface area contributed by atoms with Crippen molar-refractivity contribution in [1.82, 2.24) is 5.32 Å². The highest BCUT2D eigenvalue weighted by Crippen LogP contribution is 2.17. The average Bonchev–Trinajstić information content (AvgIpc) is 2.58. The molecule has 24 heavy (non-hydrogen) atoms. The first-order chi connectivity index (χ1) is 11.5. The summed E-state index contributed by atoms with van der Waals surface area (Å²) >= 11 is 0. The molecule has 7 nitrogen and oxygen atoms in total. The fraction of sp³-hybridized carbons (Fsp3) is 0.125. The molecule has 0 aromatic heterocycles. The van der Waals surface area contributed by atoms with Gasteiger partial charge in [-0.2, -0.15) is 4.39 Å². The Morgan fingerprint density at radius 1 is 1.17 bits per heavy atom. The standard InChI is InChI=1S/C16H13FN2O5/c17-13-8-12(6-7-14(13)19(22)23)16(21)18-9-15(20)24-10-11-4-2-1-3-5-11/h1-8H,9-10H2,(H,18,21). The maximum atomic E-state index is 13.5. The fourth-order valence-electron chi connectivity index (χ4n) is 1.84. The molecule has 0 bridgehead atoms. The molecule has 0 saturated carbocycles. The number of amides is 1. The number of esters is 1. The molecule has 2 aromatic carbocycles. The van der Waals surface area contributed by atoms with Crippen LogP contribution >= 0.6 is 0 Å². The van der Waals surface area contributed by atoms with E-state index in [4.69, 9.17) is 4.74 Å². The number of nitrogens with zero attached hydrogens (tertiary/aromatic N) is 1. The van der Waals surface area contributed by atoms with Crippen LogP contribution in [0.25, 0.3) is 0 Å². The Hall–Kier alpha value is -3.29. The van der Waals surface area contributed by atoms with E-state index in [1.54, 1.807) is 24.3 Å². The minimum atomic E-state index is -1.13. The van der Waals surface area contributed by atoms with Gasteiger partial charge in [-0.15, -0.1) is 0 Å². The molecule has 0 spiro atoms. The molecule has 0 aliphatic rings. The molecule has 2 aromatic rings. The van der Waals surface area contributed by atoms with Crippen LogP contribution in [-0.2, 0) is 16.1 Å². The lowest BCUT2D eigenvalue weighted by Gasteiger charge is -2.07. The SMILES string of the molecule is O=C(CNC(=O)c1ccc([N+](=O)[O-])c(F)c1)OCc1ccccc1. The molecule has 0 radical (unpaired) electrons. The summed E-state index contributed by atoms with van der Waals surface area (Å²) < 4.78 is 18.4. The van der Waals surface area contributed by atoms with Crippen LogP contribution in [0.3, 0.4) is 0 Å². The van der Waals surface area contributed by atoms with Gasteiger partial charge in [0, 0.05) is 11.6 Å². The predicted octanol–water partition coefficient (Wildman–Crippen LogP) is 2.21. The van der Waals surface area contributed by atoms with E-state index in [2.05, 4.69) is 5.32 Å². The fourth-order valence-corrected chi connectivity index (χ4v) is 1.84. The van der Waals surface area contributed by atoms with Crippen LogP contribution in [0.15, 0.2) is 48.5 Å². The largest absolute Gasteiger partial charge is 0.460 e. The van der Waals surface area contributed by atoms with Crippen molar-refractivity contribution in [2.75, 3.05) is 6.54 Å². The summed E-state index contributed by atoms with van der Waals surface area (Å²) in [6.07, 6.45) is 0. The van der Waals surface area contributed by atoms with Gasteiger partial charge in [-0.3, -0.25) is 19.7 Å². The third-order valence-corrected chi connectivity index (χ3v) is 3.04. The monoisotopic (exact) mass is 332 g/mol. The van der Waals surface area contributed by atoms with E-state index >= 15 is 0 Å². The predicted molar refractivity (Wildman–Crippen MR) is 81.6 cm³/mol. The van der Waals surface area contributed by atoms with Crippen LogP contribution in [0.4, 0.5) is 10.1 Å². The highest BCUT2D eigenvalue weighted by molar-refractivity contribution is 5.96. The smallest absolute Gasteiger partial charge is 0.325 e. The van der Waals surface area contributed by atoms with Gasteiger partial charge in [0.15, 0.2) is 0 Å². The highest BCUT2D eigenvalue weighted by Gasteiger charge is 2.17. The number of rotatable bonds is 6. The minimum Gasteiger partial charge on any atom is -0.460 e. The number of halogens is 1. The Balaban J connectivity index is 1.85. The van der Waals surface area contributed by atoms with Crippen LogP contribution in [0.5, 0.6) is 0 Å². The quantitative estimate of drug-likeness (QED) is 0.497. The Morgan fingerprint density at radius 3 is 2.50 bits per heavy atom. The molecule has 0 saturated heterocycles. The Labute approximate surface area is 136 Å². The highest BCUT2D eigenvalue weighted by atomic mass is 19.1. The van der Waals surface area contributed by atoms with Gasteiger partial charge < -0.3 is 10.1 Å². The van der Waals surface area contributed by atoms with Crippen LogP contribution in [0.2, 0.25) is 0 Å². The second-order valence-electron chi connectivity index (χ2n) is 4.75. The number of hydrogen-bond acceptors (Lipinski definition) is 5. The molecule has 0 aliphatic heterocycles. The molecule has 2 rings (SSSR count). The van der Waals surface area contributed by atoms with E-state index in [1.807, 2.05) is 6.07 Å². The first-order valence-electron chi connectivity index (χ1n) is 6.89. The lowest BCUT2D eigenvalue weighted by atomic mass is 10.2. The molecule has 124 valence electrons. The molecule has 0 fully saturated rings. The lowest BCUT2D eigenvalue weighted by molar-refractivity contribution is -0.387. The zero-order chi connectivity index (χ0) is 17.5. The van der Waals surface area contributed by atoms with Gasteiger partial charge in [0.05, 0.1) is 4.92 Å². The summed E-state index contributed by atoms with van der Waals surface area (Å²) in [4.78, 5) is 33.0. The first-order valence-corrected chi connectivity index (χ1v) is 6.89. The van der Waals surface area contributed by atoms with E-state index in [0.717, 1.165) is 23.8 Å². The van der Waals surface area contributed by atoms with E-state index in [-0.39, 0.29) is 12.2 Å². The third kappa shape index (κ3) is 4.60. The number of hydrogen-bond donors (Lipinski definition) is 1. The maximum Gasteiger partial charge on any atom is 0.325 e. The molecule has 0 heterocycles. The van der Waals surface area contributed by atoms with E-state index < -0.39 is 34.8 Å². The Bertz CT molecular complexity index is 764. The number of nitro groups is 1. The van der Waals surface area contributed by atoms with Crippen molar-refractivity contribution < 1.29 is 23.6 Å². The van der Waals surface area contributed by atoms with E-state index in [9.17, 15) is 24.1 Å². The summed E-state index contributed by atoms with van der Waals surface area (Å²) in [6, 6.07) is 11.7. The molecule has 0 unspecified atom stereocenters. The van der Waals surface area contributed by atoms with Crippen LogP contribution in [0, 0.1) is 15.9 Å². The molecule has 0 atom stereocenters. The van der Waals surface area contributed by atoms with Gasteiger partial charge in [0.2, 0.25) is 5.82 Å². The van der Waals surface area contributed by atoms with Gasteiger partial charge >= 0.3 is 11.7 Å². The van der Waals surface area contributed by atoms with Crippen molar-refractivity contribution in [1.29, 1.82) is 0 Å². The van der Waals surface area contributed by atoms with Crippen molar-refractivity contribution >= 4 is 17.6 Å². The molecular formula is C16H13FN2O5. The minimum absolute atomic E-state index is 0.0711. The average molecular weight is 332 g/mol. The maximum absolute atomic E-state index is 13.5. The number of benzene rings is 2. The lowest BCUT2D eigenvalue weighted by Crippen LogP contribution is -2.30.